The molecule has 1 aromatic carbocycles. The summed E-state index contributed by atoms with van der Waals surface area (Å²) in [5, 5.41) is 4.18. The van der Waals surface area contributed by atoms with Gasteiger partial charge >= 0.3 is 5.97 Å². The van der Waals surface area contributed by atoms with Crippen molar-refractivity contribution in [1.29, 1.82) is 0 Å². The van der Waals surface area contributed by atoms with Gasteiger partial charge in [0.25, 0.3) is 5.91 Å². The molecule has 0 bridgehead atoms. The smallest absolute Gasteiger partial charge is 0.337 e. The van der Waals surface area contributed by atoms with Gasteiger partial charge in [0.15, 0.2) is 10.5 Å². The van der Waals surface area contributed by atoms with Crippen LogP contribution in [0.1, 0.15) is 26.5 Å². The molecular weight excluding hydrogens is 368 g/mol. The summed E-state index contributed by atoms with van der Waals surface area (Å²) in [6.45, 7) is 2.87. The maximum atomic E-state index is 12.5. The van der Waals surface area contributed by atoms with Crippen molar-refractivity contribution in [1.82, 2.24) is 14.3 Å². The number of aromatic nitrogens is 3. The lowest BCUT2D eigenvalue weighted by Gasteiger charge is -2.04. The first-order valence-corrected chi connectivity index (χ1v) is 9.06. The van der Waals surface area contributed by atoms with Crippen molar-refractivity contribution >= 4 is 33.4 Å². The lowest BCUT2D eigenvalue weighted by atomic mass is 10.2. The molecule has 0 aliphatic heterocycles. The molecule has 8 nitrogen and oxygen atoms in total. The van der Waals surface area contributed by atoms with Gasteiger partial charge in [-0.15, -0.1) is 0 Å². The van der Waals surface area contributed by atoms with E-state index in [0.717, 1.165) is 15.9 Å². The highest BCUT2D eigenvalue weighted by atomic mass is 32.1. The van der Waals surface area contributed by atoms with E-state index in [0.29, 0.717) is 29.2 Å². The van der Waals surface area contributed by atoms with Crippen LogP contribution in [0.4, 0.5) is 0 Å². The second-order valence-electron chi connectivity index (χ2n) is 5.91. The molecule has 3 rings (SSSR count). The number of carbonyl (C=O) groups excluding carboxylic acids is 2. The molecule has 142 valence electrons. The van der Waals surface area contributed by atoms with Crippen LogP contribution >= 0.6 is 11.3 Å². The summed E-state index contributed by atoms with van der Waals surface area (Å²) in [6, 6.07) is 6.96. The maximum Gasteiger partial charge on any atom is 0.337 e. The lowest BCUT2D eigenvalue weighted by molar-refractivity contribution is 0.0601. The number of aryl methyl sites for hydroxylation is 2. The van der Waals surface area contributed by atoms with Crippen molar-refractivity contribution in [2.75, 3.05) is 20.8 Å². The molecule has 0 N–H and O–H groups in total. The second kappa shape index (κ2) is 7.85. The molecule has 1 amide bonds. The normalized spacial score (nSPS) is 11.9. The van der Waals surface area contributed by atoms with Gasteiger partial charge in [-0.2, -0.15) is 10.1 Å². The third-order valence-corrected chi connectivity index (χ3v) is 5.19. The van der Waals surface area contributed by atoms with Crippen molar-refractivity contribution in [3.63, 3.8) is 0 Å². The Morgan fingerprint density at radius 1 is 1.26 bits per heavy atom. The number of methoxy groups -OCH3 is 2. The van der Waals surface area contributed by atoms with Crippen LogP contribution in [0.2, 0.25) is 0 Å². The average molecular weight is 388 g/mol. The summed E-state index contributed by atoms with van der Waals surface area (Å²) in [4.78, 5) is 29.1. The predicted molar refractivity (Wildman–Crippen MR) is 101 cm³/mol. The summed E-state index contributed by atoms with van der Waals surface area (Å²) in [5.41, 5.74) is 2.48. The molecule has 0 spiro atoms. The number of amides is 1. The predicted octanol–water partition coefficient (Wildman–Crippen LogP) is 1.92. The zero-order chi connectivity index (χ0) is 19.6. The van der Waals surface area contributed by atoms with E-state index in [4.69, 9.17) is 9.47 Å². The third kappa shape index (κ3) is 3.83. The first-order valence-electron chi connectivity index (χ1n) is 8.25. The number of nitrogens with zero attached hydrogens (tertiary/aromatic N) is 4. The van der Waals surface area contributed by atoms with Gasteiger partial charge in [0.05, 0.1) is 29.5 Å². The molecule has 27 heavy (non-hydrogen) atoms. The van der Waals surface area contributed by atoms with Crippen LogP contribution in [0.3, 0.4) is 0 Å². The van der Waals surface area contributed by atoms with Crippen LogP contribution in [0, 0.1) is 6.92 Å². The van der Waals surface area contributed by atoms with Crippen molar-refractivity contribution in [2.45, 2.75) is 13.5 Å². The molecule has 0 aliphatic carbocycles. The number of hydrogen-bond acceptors (Lipinski definition) is 6. The van der Waals surface area contributed by atoms with Gasteiger partial charge in [-0.25, -0.2) is 4.79 Å². The molecule has 0 saturated heterocycles. The van der Waals surface area contributed by atoms with Gasteiger partial charge in [0.2, 0.25) is 0 Å². The zero-order valence-corrected chi connectivity index (χ0v) is 16.4. The Balaban J connectivity index is 2.11. The van der Waals surface area contributed by atoms with E-state index in [1.807, 2.05) is 17.6 Å². The number of benzene rings is 1. The Kier molecular flexibility index (Phi) is 5.52. The molecule has 9 heteroatoms. The molecule has 0 radical (unpaired) electrons. The summed E-state index contributed by atoms with van der Waals surface area (Å²) >= 11 is 1.33. The number of ether oxygens (including phenoxy) is 2. The quantitative estimate of drug-likeness (QED) is 0.623. The Morgan fingerprint density at radius 2 is 2.04 bits per heavy atom. The third-order valence-electron chi connectivity index (χ3n) is 4.15. The Hall–Kier alpha value is -2.78. The highest BCUT2D eigenvalue weighted by molar-refractivity contribution is 7.16. The fourth-order valence-corrected chi connectivity index (χ4v) is 3.71. The van der Waals surface area contributed by atoms with Gasteiger partial charge in [-0.3, -0.25) is 9.48 Å². The number of thiazole rings is 1. The van der Waals surface area contributed by atoms with Crippen LogP contribution in [0.25, 0.3) is 10.2 Å². The molecule has 0 atom stereocenters. The Labute approximate surface area is 159 Å². The fourth-order valence-electron chi connectivity index (χ4n) is 2.61. The Morgan fingerprint density at radius 3 is 2.67 bits per heavy atom. The first kappa shape index (κ1) is 19.0. The van der Waals surface area contributed by atoms with Crippen LogP contribution in [0.5, 0.6) is 0 Å². The highest BCUT2D eigenvalue weighted by Crippen LogP contribution is 2.20. The maximum absolute atomic E-state index is 12.5. The Bertz CT molecular complexity index is 1060. The van der Waals surface area contributed by atoms with E-state index in [9.17, 15) is 9.59 Å². The minimum absolute atomic E-state index is 0.293. The topological polar surface area (TPSA) is 87.7 Å². The molecule has 0 fully saturated rings. The summed E-state index contributed by atoms with van der Waals surface area (Å²) in [6.07, 6.45) is 0. The standard InChI is InChI=1S/C18H20N4O4S/c1-11-9-13(20-21(11)2)16(23)19-18-22(7-8-25-3)14-6-5-12(17(24)26-4)10-15(14)27-18/h5-6,9-10H,7-8H2,1-4H3. The van der Waals surface area contributed by atoms with Gasteiger partial charge in [-0.1, -0.05) is 11.3 Å². The number of carbonyl (C=O) groups is 2. The molecular formula is C18H20N4O4S. The van der Waals surface area contributed by atoms with Crippen molar-refractivity contribution in [3.8, 4) is 0 Å². The van der Waals surface area contributed by atoms with E-state index >= 15 is 0 Å². The molecule has 2 aromatic heterocycles. The molecule has 3 aromatic rings. The number of rotatable bonds is 5. The molecule has 0 aliphatic rings. The molecule has 0 unspecified atom stereocenters. The lowest BCUT2D eigenvalue weighted by Crippen LogP contribution is -2.19. The van der Waals surface area contributed by atoms with E-state index in [2.05, 4.69) is 10.1 Å². The van der Waals surface area contributed by atoms with E-state index in [-0.39, 0.29) is 0 Å². The van der Waals surface area contributed by atoms with Gasteiger partial charge < -0.3 is 14.0 Å². The fraction of sp³-hybridized carbons (Fsp3) is 0.333. The number of fused-ring (bicyclic) bond motifs is 1. The van der Waals surface area contributed by atoms with Crippen molar-refractivity contribution in [3.05, 3.63) is 46.0 Å². The van der Waals surface area contributed by atoms with E-state index < -0.39 is 11.9 Å². The van der Waals surface area contributed by atoms with Crippen LogP contribution in [-0.4, -0.2) is 47.1 Å². The van der Waals surface area contributed by atoms with Gasteiger partial charge in [-0.05, 0) is 31.2 Å². The minimum atomic E-state index is -0.412. The van der Waals surface area contributed by atoms with Crippen LogP contribution in [0.15, 0.2) is 29.3 Å². The largest absolute Gasteiger partial charge is 0.465 e. The summed E-state index contributed by atoms with van der Waals surface area (Å²) < 4.78 is 14.3. The summed E-state index contributed by atoms with van der Waals surface area (Å²) in [7, 11) is 4.73. The first-order chi connectivity index (χ1) is 12.9. The van der Waals surface area contributed by atoms with E-state index in [1.165, 1.54) is 18.4 Å². The zero-order valence-electron chi connectivity index (χ0n) is 15.6. The monoisotopic (exact) mass is 388 g/mol. The number of hydrogen-bond donors (Lipinski definition) is 0. The van der Waals surface area contributed by atoms with Crippen LogP contribution in [-0.2, 0) is 23.1 Å². The molecule has 2 heterocycles. The van der Waals surface area contributed by atoms with E-state index in [1.54, 1.807) is 37.0 Å². The summed E-state index contributed by atoms with van der Waals surface area (Å²) in [5.74, 6) is -0.822. The minimum Gasteiger partial charge on any atom is -0.465 e. The van der Waals surface area contributed by atoms with Crippen molar-refractivity contribution < 1.29 is 19.1 Å². The molecule has 0 saturated carbocycles. The van der Waals surface area contributed by atoms with Gasteiger partial charge in [0.1, 0.15) is 0 Å². The highest BCUT2D eigenvalue weighted by Gasteiger charge is 2.14. The average Bonchev–Trinajstić information content (AvgIpc) is 3.18. The van der Waals surface area contributed by atoms with Gasteiger partial charge in [0, 0.05) is 26.4 Å². The second-order valence-corrected chi connectivity index (χ2v) is 6.92. The van der Waals surface area contributed by atoms with Crippen molar-refractivity contribution in [2.24, 2.45) is 12.0 Å². The van der Waals surface area contributed by atoms with Crippen LogP contribution < -0.4 is 4.80 Å². The number of esters is 1. The SMILES string of the molecule is COCCn1c(=NC(=O)c2cc(C)n(C)n2)sc2cc(C(=O)OC)ccc21.